The van der Waals surface area contributed by atoms with Gasteiger partial charge in [0.05, 0.1) is 22.8 Å². The van der Waals surface area contributed by atoms with Gasteiger partial charge in [0.25, 0.3) is 0 Å². The molecule has 0 fully saturated rings. The molecule has 3 aromatic heterocycles. The Hall–Kier alpha value is -4.18. The minimum absolute atomic E-state index is 0. The summed E-state index contributed by atoms with van der Waals surface area (Å²) >= 11 is 0. The van der Waals surface area contributed by atoms with Crippen molar-refractivity contribution in [2.45, 2.75) is 0 Å². The second-order valence-corrected chi connectivity index (χ2v) is 14.3. The van der Waals surface area contributed by atoms with Crippen LogP contribution in [0.1, 0.15) is 45.0 Å². The molecule has 0 aromatic carbocycles. The summed E-state index contributed by atoms with van der Waals surface area (Å²) in [4.78, 5) is 27.5. The summed E-state index contributed by atoms with van der Waals surface area (Å²) in [5.74, 6) is 0. The molecule has 2 N–H and O–H groups in total. The Morgan fingerprint density at radius 1 is 0.411 bits per heavy atom. The van der Waals surface area contributed by atoms with Crippen LogP contribution >= 0.6 is 0 Å². The first-order chi connectivity index (χ1) is 25.4. The zero-order valence-electron chi connectivity index (χ0n) is 31.5. The van der Waals surface area contributed by atoms with Crippen molar-refractivity contribution in [3.8, 4) is 0 Å². The quantitative estimate of drug-likeness (QED) is 0.242. The van der Waals surface area contributed by atoms with Gasteiger partial charge in [0.2, 0.25) is 0 Å². The minimum atomic E-state index is 0. The summed E-state index contributed by atoms with van der Waals surface area (Å²) in [7, 11) is 8.46. The first-order valence-corrected chi connectivity index (χ1v) is 17.9. The van der Waals surface area contributed by atoms with E-state index in [2.05, 4.69) is 180 Å². The van der Waals surface area contributed by atoms with Gasteiger partial charge in [-0.15, -0.1) is 0 Å². The molecule has 9 rings (SSSR count). The van der Waals surface area contributed by atoms with Crippen LogP contribution in [-0.4, -0.2) is 93.9 Å². The van der Waals surface area contributed by atoms with Crippen LogP contribution in [0.4, 0.5) is 0 Å². The number of nitrogens with one attached hydrogen (secondary N) is 2. The van der Waals surface area contributed by atoms with Crippen molar-refractivity contribution in [3.63, 3.8) is 0 Å². The molecular weight excluding hydrogens is 922 g/mol. The van der Waals surface area contributed by atoms with Crippen LogP contribution in [0.25, 0.3) is 68.7 Å². The average Bonchev–Trinajstić information content (AvgIpc) is 3.96. The van der Waals surface area contributed by atoms with Crippen molar-refractivity contribution in [3.05, 3.63) is 143 Å². The maximum absolute atomic E-state index is 5.46. The van der Waals surface area contributed by atoms with E-state index in [4.69, 9.17) is 9.97 Å². The summed E-state index contributed by atoms with van der Waals surface area (Å²) in [5, 5.41) is 0. The van der Waals surface area contributed by atoms with E-state index in [9.17, 15) is 0 Å². The molecule has 0 aliphatic carbocycles. The van der Waals surface area contributed by atoms with E-state index in [0.29, 0.717) is 0 Å². The van der Waals surface area contributed by atoms with E-state index in [1.807, 2.05) is 0 Å². The second-order valence-electron chi connectivity index (χ2n) is 14.3. The van der Waals surface area contributed by atoms with E-state index in [-0.39, 0.29) is 74.1 Å². The van der Waals surface area contributed by atoms with Gasteiger partial charge in [0.15, 0.2) is 0 Å². The molecule has 0 atom stereocenters. The van der Waals surface area contributed by atoms with Gasteiger partial charge in [-0.25, -0.2) is 9.97 Å². The third kappa shape index (κ3) is 8.27. The van der Waals surface area contributed by atoms with Gasteiger partial charge in [0, 0.05) is 98.7 Å². The normalized spacial score (nSPS) is 16.6. The second kappa shape index (κ2) is 18.0. The molecule has 8 bridgehead atoms. The number of rotatable bonds is 4. The van der Waals surface area contributed by atoms with Crippen LogP contribution in [0.5, 0.6) is 0 Å². The predicted molar refractivity (Wildman–Crippen MR) is 218 cm³/mol. The van der Waals surface area contributed by atoms with Crippen LogP contribution in [0.2, 0.25) is 0 Å². The van der Waals surface area contributed by atoms with Gasteiger partial charge >= 0.3 is 36.9 Å². The third-order valence-electron chi connectivity index (χ3n) is 10.3. The topological polar surface area (TPSA) is 70.3 Å². The van der Waals surface area contributed by atoms with E-state index in [1.165, 1.54) is 22.3 Å². The molecule has 294 valence electrons. The molecule has 0 radical (unpaired) electrons. The van der Waals surface area contributed by atoms with Gasteiger partial charge in [-0.1, -0.05) is 24.3 Å². The fraction of sp³-hybridized carbons (Fsp3) is 0.182. The molecule has 9 heterocycles. The number of H-pyrrole nitrogens is 2. The predicted octanol–water partition coefficient (Wildman–Crippen LogP) is -0.962. The Morgan fingerprint density at radius 2 is 0.643 bits per heavy atom. The SMILES string of the molecule is CN1C=CC=C(c2c3nc(c(C4=CC=CN(C)C4)c4ccc([nH]4)c(C4=CC=CN(C)C4)c4nc(c(C5=CC=CN(C)C5)c5ccc2[nH]5)C=C4)C=C3)C1.[Cl-].[Cl-].[Cl-].[Lu+3]. The molecule has 12 heteroatoms. The number of allylic oxidation sites excluding steroid dienone is 8. The Bertz CT molecular complexity index is 2170. The zero-order chi connectivity index (χ0) is 35.3. The third-order valence-corrected chi connectivity index (χ3v) is 10.3. The van der Waals surface area contributed by atoms with Gasteiger partial charge in [-0.05, 0) is 120 Å². The Morgan fingerprint density at radius 3 is 0.857 bits per heavy atom. The van der Waals surface area contributed by atoms with Crippen molar-refractivity contribution < 1.29 is 74.1 Å². The molecule has 0 saturated carbocycles. The molecule has 0 unspecified atom stereocenters. The maximum atomic E-state index is 5.46. The monoisotopic (exact) mass is 962 g/mol. The largest absolute Gasteiger partial charge is 3.00 e. The molecule has 0 saturated heterocycles. The number of hydrogen-bond donors (Lipinski definition) is 2. The Labute approximate surface area is 376 Å². The molecular formula is C44H42Cl3LuN8. The molecule has 6 aliphatic heterocycles. The fourth-order valence-electron chi connectivity index (χ4n) is 7.93. The first kappa shape index (κ1) is 43.0. The summed E-state index contributed by atoms with van der Waals surface area (Å²) in [6.45, 7) is 3.13. The number of nitrogens with zero attached hydrogens (tertiary/aromatic N) is 6. The number of halogens is 3. The summed E-state index contributed by atoms with van der Waals surface area (Å²) in [6.07, 6.45) is 34.6. The zero-order valence-corrected chi connectivity index (χ0v) is 35.4. The maximum Gasteiger partial charge on any atom is 3.00 e. The molecule has 56 heavy (non-hydrogen) atoms. The van der Waals surface area contributed by atoms with Gasteiger partial charge in [-0.2, -0.15) is 0 Å². The van der Waals surface area contributed by atoms with Gasteiger partial charge in [0.1, 0.15) is 0 Å². The molecule has 0 spiro atoms. The van der Waals surface area contributed by atoms with E-state index in [0.717, 1.165) is 93.3 Å². The smallest absolute Gasteiger partial charge is 1.00 e. The summed E-state index contributed by atoms with van der Waals surface area (Å²) in [6, 6.07) is 8.84. The number of aromatic nitrogens is 4. The van der Waals surface area contributed by atoms with Crippen molar-refractivity contribution in [2.24, 2.45) is 0 Å². The van der Waals surface area contributed by atoms with Crippen LogP contribution in [0, 0.1) is 36.9 Å². The molecule has 6 aliphatic rings. The molecule has 8 nitrogen and oxygen atoms in total. The van der Waals surface area contributed by atoms with Crippen molar-refractivity contribution in [1.29, 1.82) is 0 Å². The summed E-state index contributed by atoms with van der Waals surface area (Å²) < 4.78 is 0. The molecule has 3 aromatic rings. The van der Waals surface area contributed by atoms with Crippen molar-refractivity contribution >= 4 is 68.7 Å². The van der Waals surface area contributed by atoms with Gasteiger partial charge in [-0.3, -0.25) is 0 Å². The fourth-order valence-corrected chi connectivity index (χ4v) is 7.93. The van der Waals surface area contributed by atoms with Crippen LogP contribution in [0.3, 0.4) is 0 Å². The number of aromatic amines is 2. The van der Waals surface area contributed by atoms with Crippen LogP contribution in [0.15, 0.2) is 97.7 Å². The van der Waals surface area contributed by atoms with E-state index in [1.54, 1.807) is 0 Å². The summed E-state index contributed by atoms with van der Waals surface area (Å²) in [5.41, 5.74) is 17.1. The van der Waals surface area contributed by atoms with Gasteiger partial charge < -0.3 is 66.8 Å². The van der Waals surface area contributed by atoms with Crippen LogP contribution in [-0.2, 0) is 0 Å². The first-order valence-electron chi connectivity index (χ1n) is 17.9. The average molecular weight is 964 g/mol. The molecule has 0 amide bonds. The number of likely N-dealkylation sites (N-methyl/N-ethyl adjacent to an activating group) is 4. The van der Waals surface area contributed by atoms with Crippen molar-refractivity contribution in [1.82, 2.24) is 39.5 Å². The van der Waals surface area contributed by atoms with Crippen LogP contribution < -0.4 is 37.2 Å². The Balaban J connectivity index is 0.00000150. The van der Waals surface area contributed by atoms with E-state index >= 15 is 0 Å². The van der Waals surface area contributed by atoms with E-state index < -0.39 is 0 Å². The number of fused-ring (bicyclic) bond motifs is 8. The van der Waals surface area contributed by atoms with Crippen molar-refractivity contribution in [2.75, 3.05) is 54.4 Å². The Kier molecular flexibility index (Phi) is 13.8. The minimum Gasteiger partial charge on any atom is -1.00 e. The number of hydrogen-bond acceptors (Lipinski definition) is 6. The standard InChI is InChI=1S/C44H42N8.3ClH.Lu/c1-49-21-5-9-29(25-49)41-33-13-15-35(45-33)42(30-10-6-22-50(2)26-30)37-17-19-39(47-37)44(32-12-8-24-52(4)28-32)40-20-18-38(48-40)43(36-16-14-34(41)46-36)31-11-7-23-51(3)27-31;;;;/h5-24,45,48H,25-28H2,1-4H3;3*1H;/q;;;;+3/p-3.